The number of carbonyl (C=O) groups excluding carboxylic acids is 1. The summed E-state index contributed by atoms with van der Waals surface area (Å²) in [7, 11) is 0. The number of pyridine rings is 1. The number of nitrogens with zero attached hydrogens (tertiary/aromatic N) is 1. The van der Waals surface area contributed by atoms with Gasteiger partial charge in [-0.25, -0.2) is 0 Å². The molecule has 0 radical (unpaired) electrons. The molecule has 0 spiro atoms. The van der Waals surface area contributed by atoms with Crippen molar-refractivity contribution in [3.8, 4) is 0 Å². The molecular formula is C16H24N2O. The molecule has 0 aromatic carbocycles. The van der Waals surface area contributed by atoms with Crippen LogP contribution in [0.5, 0.6) is 0 Å². The first-order chi connectivity index (χ1) is 8.98. The van der Waals surface area contributed by atoms with Gasteiger partial charge in [-0.2, -0.15) is 0 Å². The predicted molar refractivity (Wildman–Crippen MR) is 77.0 cm³/mol. The fourth-order valence-corrected chi connectivity index (χ4v) is 3.09. The quantitative estimate of drug-likeness (QED) is 0.905. The van der Waals surface area contributed by atoms with E-state index in [0.717, 1.165) is 12.2 Å². The van der Waals surface area contributed by atoms with Gasteiger partial charge in [0.1, 0.15) is 0 Å². The Kier molecular flexibility index (Phi) is 4.23. The van der Waals surface area contributed by atoms with Gasteiger partial charge in [-0.05, 0) is 49.7 Å². The van der Waals surface area contributed by atoms with Gasteiger partial charge < -0.3 is 5.32 Å². The molecule has 0 aliphatic heterocycles. The third-order valence-electron chi connectivity index (χ3n) is 4.11. The van der Waals surface area contributed by atoms with E-state index in [1.807, 2.05) is 19.1 Å². The molecule has 1 aromatic heterocycles. The fraction of sp³-hybridized carbons (Fsp3) is 0.625. The molecular weight excluding hydrogens is 236 g/mol. The molecule has 1 aromatic rings. The highest BCUT2D eigenvalue weighted by Crippen LogP contribution is 2.38. The molecule has 1 aliphatic rings. The average molecular weight is 260 g/mol. The monoisotopic (exact) mass is 260 g/mol. The molecule has 1 aliphatic carbocycles. The van der Waals surface area contributed by atoms with Crippen molar-refractivity contribution in [2.24, 2.45) is 11.3 Å². The molecule has 104 valence electrons. The number of rotatable bonds is 3. The third-order valence-corrected chi connectivity index (χ3v) is 4.11. The molecule has 1 fully saturated rings. The van der Waals surface area contributed by atoms with E-state index in [2.05, 4.69) is 24.1 Å². The van der Waals surface area contributed by atoms with Crippen LogP contribution in [0.15, 0.2) is 18.3 Å². The highest BCUT2D eigenvalue weighted by Gasteiger charge is 2.28. The van der Waals surface area contributed by atoms with E-state index in [9.17, 15) is 4.79 Å². The van der Waals surface area contributed by atoms with E-state index in [1.165, 1.54) is 25.7 Å². The Hall–Kier alpha value is -1.38. The number of carbonyl (C=O) groups is 1. The highest BCUT2D eigenvalue weighted by atomic mass is 16.1. The minimum atomic E-state index is 0.00831. The summed E-state index contributed by atoms with van der Waals surface area (Å²) in [6, 6.07) is 3.65. The summed E-state index contributed by atoms with van der Waals surface area (Å²) in [5, 5.41) is 3.07. The minimum Gasteiger partial charge on any atom is -0.352 e. The Balaban J connectivity index is 1.89. The molecule has 1 heterocycles. The topological polar surface area (TPSA) is 42.0 Å². The fourth-order valence-electron chi connectivity index (χ4n) is 3.09. The molecule has 1 unspecified atom stereocenters. The van der Waals surface area contributed by atoms with Crippen LogP contribution in [0.1, 0.15) is 55.6 Å². The second-order valence-electron chi connectivity index (χ2n) is 6.47. The largest absolute Gasteiger partial charge is 0.352 e. The van der Waals surface area contributed by atoms with E-state index in [4.69, 9.17) is 0 Å². The summed E-state index contributed by atoms with van der Waals surface area (Å²) in [5.74, 6) is 0.624. The Labute approximate surface area is 115 Å². The molecule has 2 rings (SSSR count). The average Bonchev–Trinajstić information content (AvgIpc) is 2.35. The smallest absolute Gasteiger partial charge is 0.253 e. The van der Waals surface area contributed by atoms with Gasteiger partial charge in [-0.1, -0.05) is 20.3 Å². The molecule has 1 amide bonds. The van der Waals surface area contributed by atoms with Gasteiger partial charge in [0.25, 0.3) is 5.91 Å². The van der Waals surface area contributed by atoms with Crippen molar-refractivity contribution in [3.05, 3.63) is 29.6 Å². The summed E-state index contributed by atoms with van der Waals surface area (Å²) < 4.78 is 0. The predicted octanol–water partition coefficient (Wildman–Crippen LogP) is 3.34. The summed E-state index contributed by atoms with van der Waals surface area (Å²) in [4.78, 5) is 16.3. The van der Waals surface area contributed by atoms with E-state index in [0.29, 0.717) is 16.9 Å². The maximum atomic E-state index is 12.1. The molecule has 1 saturated carbocycles. The van der Waals surface area contributed by atoms with Gasteiger partial charge in [-0.3, -0.25) is 9.78 Å². The number of aromatic nitrogens is 1. The van der Waals surface area contributed by atoms with Crippen LogP contribution < -0.4 is 5.32 Å². The van der Waals surface area contributed by atoms with E-state index in [-0.39, 0.29) is 5.91 Å². The summed E-state index contributed by atoms with van der Waals surface area (Å²) in [5.41, 5.74) is 1.92. The van der Waals surface area contributed by atoms with Crippen molar-refractivity contribution in [1.29, 1.82) is 0 Å². The zero-order chi connectivity index (χ0) is 13.9. The molecule has 3 nitrogen and oxygen atoms in total. The number of hydrogen-bond donors (Lipinski definition) is 1. The van der Waals surface area contributed by atoms with E-state index < -0.39 is 0 Å². The van der Waals surface area contributed by atoms with Crippen molar-refractivity contribution >= 4 is 5.91 Å². The lowest BCUT2D eigenvalue weighted by molar-refractivity contribution is 0.0929. The van der Waals surface area contributed by atoms with Gasteiger partial charge in [0.05, 0.1) is 5.56 Å². The minimum absolute atomic E-state index is 0.00831. The number of hydrogen-bond acceptors (Lipinski definition) is 2. The van der Waals surface area contributed by atoms with Crippen LogP contribution in [0, 0.1) is 18.3 Å². The Morgan fingerprint density at radius 1 is 1.53 bits per heavy atom. The van der Waals surface area contributed by atoms with Crippen molar-refractivity contribution < 1.29 is 4.79 Å². The van der Waals surface area contributed by atoms with Gasteiger partial charge in [0.15, 0.2) is 0 Å². The summed E-state index contributed by atoms with van der Waals surface area (Å²) in [6.45, 7) is 7.31. The third kappa shape index (κ3) is 3.79. The Morgan fingerprint density at radius 3 is 3.00 bits per heavy atom. The van der Waals surface area contributed by atoms with Gasteiger partial charge in [0.2, 0.25) is 0 Å². The standard InChI is InChI=1S/C16H24N2O/c1-12-14(7-5-9-17-12)15(19)18-11-13-6-4-8-16(2,3)10-13/h5,7,9,13H,4,6,8,10-11H2,1-3H3,(H,18,19). The summed E-state index contributed by atoms with van der Waals surface area (Å²) >= 11 is 0. The van der Waals surface area contributed by atoms with E-state index in [1.54, 1.807) is 6.20 Å². The molecule has 19 heavy (non-hydrogen) atoms. The number of aryl methyl sites for hydroxylation is 1. The SMILES string of the molecule is Cc1ncccc1C(=O)NCC1CCCC(C)(C)C1. The van der Waals surface area contributed by atoms with Crippen molar-refractivity contribution in [2.45, 2.75) is 46.5 Å². The van der Waals surface area contributed by atoms with Crippen LogP contribution in [0.3, 0.4) is 0 Å². The first kappa shape index (κ1) is 14.0. The molecule has 0 bridgehead atoms. The van der Waals surface area contributed by atoms with Gasteiger partial charge in [-0.15, -0.1) is 0 Å². The first-order valence-corrected chi connectivity index (χ1v) is 7.18. The van der Waals surface area contributed by atoms with Crippen LogP contribution >= 0.6 is 0 Å². The van der Waals surface area contributed by atoms with Crippen LogP contribution in [0.4, 0.5) is 0 Å². The van der Waals surface area contributed by atoms with Crippen molar-refractivity contribution in [1.82, 2.24) is 10.3 Å². The van der Waals surface area contributed by atoms with E-state index >= 15 is 0 Å². The molecule has 3 heteroatoms. The lowest BCUT2D eigenvalue weighted by Gasteiger charge is -2.35. The van der Waals surface area contributed by atoms with Crippen LogP contribution in [-0.2, 0) is 0 Å². The van der Waals surface area contributed by atoms with Crippen LogP contribution in [0.2, 0.25) is 0 Å². The maximum absolute atomic E-state index is 12.1. The van der Waals surface area contributed by atoms with Crippen LogP contribution in [0.25, 0.3) is 0 Å². The molecule has 1 atom stereocenters. The van der Waals surface area contributed by atoms with Gasteiger partial charge >= 0.3 is 0 Å². The second kappa shape index (κ2) is 5.72. The molecule has 0 saturated heterocycles. The Morgan fingerprint density at radius 2 is 2.32 bits per heavy atom. The molecule has 1 N–H and O–H groups in total. The first-order valence-electron chi connectivity index (χ1n) is 7.18. The van der Waals surface area contributed by atoms with Crippen LogP contribution in [-0.4, -0.2) is 17.4 Å². The van der Waals surface area contributed by atoms with Crippen molar-refractivity contribution in [3.63, 3.8) is 0 Å². The number of amides is 1. The zero-order valence-corrected chi connectivity index (χ0v) is 12.2. The highest BCUT2D eigenvalue weighted by molar-refractivity contribution is 5.95. The number of nitrogens with one attached hydrogen (secondary N) is 1. The zero-order valence-electron chi connectivity index (χ0n) is 12.2. The maximum Gasteiger partial charge on any atom is 0.253 e. The lowest BCUT2D eigenvalue weighted by Crippen LogP contribution is -2.34. The van der Waals surface area contributed by atoms with Crippen molar-refractivity contribution in [2.75, 3.05) is 6.54 Å². The van der Waals surface area contributed by atoms with Gasteiger partial charge in [0, 0.05) is 18.4 Å². The second-order valence-corrected chi connectivity index (χ2v) is 6.47. The Bertz CT molecular complexity index is 454. The normalized spacial score (nSPS) is 21.9. The lowest BCUT2D eigenvalue weighted by atomic mass is 9.72. The summed E-state index contributed by atoms with van der Waals surface area (Å²) in [6.07, 6.45) is 6.74.